The Hall–Kier alpha value is -12.6. The highest BCUT2D eigenvalue weighted by Gasteiger charge is 2.16. The number of hydrogen-bond acceptors (Lipinski definition) is 4. The number of aromatic nitrogens is 4. The van der Waals surface area contributed by atoms with Gasteiger partial charge in [-0.15, -0.1) is 0 Å². The lowest BCUT2D eigenvalue weighted by atomic mass is 9.87. The summed E-state index contributed by atoms with van der Waals surface area (Å²) in [6, 6.07) is 81.3. The molecule has 96 heavy (non-hydrogen) atoms. The number of benzene rings is 8. The van der Waals surface area contributed by atoms with Crippen LogP contribution in [0.4, 0.5) is 0 Å². The van der Waals surface area contributed by atoms with Crippen molar-refractivity contribution in [3.05, 3.63) is 344 Å². The number of pyridine rings is 4. The van der Waals surface area contributed by atoms with Crippen molar-refractivity contribution >= 4 is 21.5 Å². The van der Waals surface area contributed by atoms with Crippen LogP contribution >= 0.6 is 0 Å². The van der Waals surface area contributed by atoms with Crippen molar-refractivity contribution in [2.45, 2.75) is 78.1 Å². The zero-order valence-corrected chi connectivity index (χ0v) is 54.0. The molecule has 0 saturated carbocycles. The molecule has 0 aliphatic rings. The molecular formula is C92H66N4. The Bertz CT molecular complexity index is 5040. The van der Waals surface area contributed by atoms with E-state index in [-0.39, 0.29) is 0 Å². The molecule has 0 spiro atoms. The lowest BCUT2D eigenvalue weighted by molar-refractivity contribution is 0.667. The van der Waals surface area contributed by atoms with E-state index >= 15 is 0 Å². The number of rotatable bonds is 11. The highest BCUT2D eigenvalue weighted by molar-refractivity contribution is 6.09. The van der Waals surface area contributed by atoms with Crippen molar-refractivity contribution < 1.29 is 0 Å². The predicted molar refractivity (Wildman–Crippen MR) is 393 cm³/mol. The average Bonchev–Trinajstić information content (AvgIpc) is 0.756. The number of unbranched alkanes of at least 4 members (excludes halogenated alkanes) is 6. The van der Waals surface area contributed by atoms with Crippen molar-refractivity contribution in [1.29, 1.82) is 0 Å². The van der Waals surface area contributed by atoms with Crippen molar-refractivity contribution in [1.82, 2.24) is 19.9 Å². The number of fused-ring (bicyclic) bond motifs is 2. The Morgan fingerprint density at radius 2 is 0.521 bits per heavy atom. The van der Waals surface area contributed by atoms with Crippen LogP contribution in [0.1, 0.15) is 166 Å². The van der Waals surface area contributed by atoms with E-state index in [0.717, 1.165) is 90.0 Å². The first-order chi connectivity index (χ1) is 47.4. The van der Waals surface area contributed by atoms with Gasteiger partial charge in [0, 0.05) is 55.6 Å². The van der Waals surface area contributed by atoms with Crippen LogP contribution in [0.5, 0.6) is 0 Å². The van der Waals surface area contributed by atoms with Gasteiger partial charge < -0.3 is 0 Å². The molecule has 0 aliphatic heterocycles. The summed E-state index contributed by atoms with van der Waals surface area (Å²) in [7, 11) is 0. The summed E-state index contributed by atoms with van der Waals surface area (Å²) in [6.07, 6.45) is 12.3. The highest BCUT2D eigenvalue weighted by atomic mass is 14.7. The minimum Gasteiger partial charge on any atom is -0.231 e. The standard InChI is InChI=1S/C92H66N4/c1-3-5-7-9-21-69-39-43-71(44-40-69)49-59-81-29-17-33-85(93-81)63-65-87-35-19-31-83(95-87)61-51-75-25-15-23-73(67-75)47-53-79-57-55-77-27-11-13-37-89(77)91(79)92-80(58-56-78-28-12-14-38-90(78)92)54-48-74-24-16-26-76(68-74)52-62-84-32-20-36-88(96-84)66-64-86-34-18-30-82(94-86)60-50-72-45-41-70(42-46-72)22-10-8-6-4-2/h11-20,23-46,55-58,67-68H,3-10,21-22H2,1-2H3. The molecule has 12 rings (SSSR count). The molecule has 0 saturated heterocycles. The first-order valence-electron chi connectivity index (χ1n) is 32.9. The van der Waals surface area contributed by atoms with E-state index in [1.807, 2.05) is 121 Å². The van der Waals surface area contributed by atoms with Gasteiger partial charge in [0.05, 0.1) is 0 Å². The molecule has 0 atom stereocenters. The maximum atomic E-state index is 4.75. The fourth-order valence-electron chi connectivity index (χ4n) is 11.0. The van der Waals surface area contributed by atoms with E-state index < -0.39 is 0 Å². The Balaban J connectivity index is 0.747. The Kier molecular flexibility index (Phi) is 21.6. The van der Waals surface area contributed by atoms with Crippen LogP contribution in [0.25, 0.3) is 32.7 Å². The monoisotopic (exact) mass is 1230 g/mol. The second-order valence-corrected chi connectivity index (χ2v) is 23.2. The zero-order valence-electron chi connectivity index (χ0n) is 54.0. The van der Waals surface area contributed by atoms with Gasteiger partial charge in [0.15, 0.2) is 0 Å². The Morgan fingerprint density at radius 1 is 0.229 bits per heavy atom. The first kappa shape index (κ1) is 63.5. The largest absolute Gasteiger partial charge is 0.231 e. The highest BCUT2D eigenvalue weighted by Crippen LogP contribution is 2.39. The Labute approximate surface area is 565 Å². The minimum absolute atomic E-state index is 0.597. The molecular weight excluding hydrogens is 1160 g/mol. The third kappa shape index (κ3) is 17.9. The molecule has 0 bridgehead atoms. The third-order valence-electron chi connectivity index (χ3n) is 16.0. The molecule has 0 aliphatic carbocycles. The smallest absolute Gasteiger partial charge is 0.115 e. The SMILES string of the molecule is CCCCCCc1ccc(C#Cc2cccc(C#Cc3cccc(C#Cc4cccc(C#Cc5ccc6ccccc6c5-c5c(C#Cc6cccc(C#Cc7cccc(C#Cc8cccc(C#Cc9ccc(CCCCCC)cc9)n8)n7)c6)ccc6ccccc56)c4)n3)n2)cc1. The summed E-state index contributed by atoms with van der Waals surface area (Å²) in [5.41, 5.74) is 16.7. The fourth-order valence-corrected chi connectivity index (χ4v) is 11.0. The van der Waals surface area contributed by atoms with Gasteiger partial charge in [-0.25, -0.2) is 19.9 Å². The molecule has 4 aromatic heterocycles. The van der Waals surface area contributed by atoms with Crippen molar-refractivity contribution in [2.75, 3.05) is 0 Å². The van der Waals surface area contributed by atoms with Gasteiger partial charge in [-0.3, -0.25) is 0 Å². The molecule has 0 unspecified atom stereocenters. The van der Waals surface area contributed by atoms with Crippen LogP contribution in [0, 0.1) is 94.7 Å². The van der Waals surface area contributed by atoms with Gasteiger partial charge in [-0.1, -0.05) is 221 Å². The van der Waals surface area contributed by atoms with Gasteiger partial charge in [0.25, 0.3) is 0 Å². The van der Waals surface area contributed by atoms with E-state index in [1.165, 1.54) is 62.5 Å². The number of nitrogens with zero attached hydrogens (tertiary/aromatic N) is 4. The molecule has 4 heterocycles. The molecule has 0 fully saturated rings. The number of hydrogen-bond donors (Lipinski definition) is 0. The number of aryl methyl sites for hydroxylation is 2. The molecule has 4 nitrogen and oxygen atoms in total. The molecule has 0 N–H and O–H groups in total. The van der Waals surface area contributed by atoms with Crippen LogP contribution in [0.15, 0.2) is 243 Å². The van der Waals surface area contributed by atoms with Gasteiger partial charge in [-0.2, -0.15) is 0 Å². The summed E-state index contributed by atoms with van der Waals surface area (Å²) < 4.78 is 0. The van der Waals surface area contributed by atoms with Gasteiger partial charge in [0.1, 0.15) is 45.6 Å². The molecule has 4 heteroatoms. The van der Waals surface area contributed by atoms with E-state index in [2.05, 4.69) is 230 Å². The van der Waals surface area contributed by atoms with Crippen molar-refractivity contribution in [3.63, 3.8) is 0 Å². The van der Waals surface area contributed by atoms with Gasteiger partial charge in [-0.05, 0) is 227 Å². The minimum atomic E-state index is 0.597. The molecule has 0 radical (unpaired) electrons. The van der Waals surface area contributed by atoms with Gasteiger partial charge >= 0.3 is 0 Å². The summed E-state index contributed by atoms with van der Waals surface area (Å²) in [6.45, 7) is 4.48. The second kappa shape index (κ2) is 32.6. The van der Waals surface area contributed by atoms with Crippen LogP contribution in [0.2, 0.25) is 0 Å². The maximum Gasteiger partial charge on any atom is 0.115 e. The first-order valence-corrected chi connectivity index (χ1v) is 32.9. The molecule has 12 aromatic rings. The Morgan fingerprint density at radius 3 is 0.854 bits per heavy atom. The summed E-state index contributed by atoms with van der Waals surface area (Å²) >= 11 is 0. The van der Waals surface area contributed by atoms with Crippen molar-refractivity contribution in [3.8, 4) is 106 Å². The van der Waals surface area contributed by atoms with Gasteiger partial charge in [0.2, 0.25) is 0 Å². The second-order valence-electron chi connectivity index (χ2n) is 23.2. The lowest BCUT2D eigenvalue weighted by Gasteiger charge is -2.15. The topological polar surface area (TPSA) is 51.6 Å². The summed E-state index contributed by atoms with van der Waals surface area (Å²) in [4.78, 5) is 18.9. The molecule has 8 aromatic carbocycles. The van der Waals surface area contributed by atoms with E-state index in [1.54, 1.807) is 0 Å². The van der Waals surface area contributed by atoms with Crippen LogP contribution in [-0.2, 0) is 12.8 Å². The molecule has 454 valence electrons. The summed E-state index contributed by atoms with van der Waals surface area (Å²) in [5.74, 6) is 53.0. The quantitative estimate of drug-likeness (QED) is 0.0957. The summed E-state index contributed by atoms with van der Waals surface area (Å²) in [5, 5.41) is 4.38. The zero-order chi connectivity index (χ0) is 65.4. The van der Waals surface area contributed by atoms with Crippen LogP contribution in [0.3, 0.4) is 0 Å². The fraction of sp³-hybridized carbons (Fsp3) is 0.130. The maximum absolute atomic E-state index is 4.75. The third-order valence-corrected chi connectivity index (χ3v) is 16.0. The van der Waals surface area contributed by atoms with E-state index in [9.17, 15) is 0 Å². The lowest BCUT2D eigenvalue weighted by Crippen LogP contribution is -1.93. The van der Waals surface area contributed by atoms with Crippen molar-refractivity contribution in [2.24, 2.45) is 0 Å². The molecule has 0 amide bonds. The van der Waals surface area contributed by atoms with Crippen LogP contribution in [-0.4, -0.2) is 19.9 Å². The van der Waals surface area contributed by atoms with E-state index in [0.29, 0.717) is 45.6 Å². The van der Waals surface area contributed by atoms with Crippen LogP contribution < -0.4 is 0 Å². The average molecular weight is 1230 g/mol. The normalized spacial score (nSPS) is 10.1. The predicted octanol–water partition coefficient (Wildman–Crippen LogP) is 18.7. The van der Waals surface area contributed by atoms with E-state index in [4.69, 9.17) is 19.9 Å².